The van der Waals surface area contributed by atoms with E-state index >= 15 is 0 Å². The highest BCUT2D eigenvalue weighted by molar-refractivity contribution is 5.20. The molecule has 0 aromatic carbocycles. The van der Waals surface area contributed by atoms with E-state index in [2.05, 4.69) is 0 Å². The first kappa shape index (κ1) is 9.16. The fourth-order valence-electron chi connectivity index (χ4n) is 1.09. The van der Waals surface area contributed by atoms with E-state index < -0.39 is 12.2 Å². The van der Waals surface area contributed by atoms with E-state index in [0.717, 1.165) is 6.08 Å². The van der Waals surface area contributed by atoms with Gasteiger partial charge in [-0.3, -0.25) is 0 Å². The topological polar surface area (TPSA) is 3.24 Å². The molecule has 0 saturated heterocycles. The van der Waals surface area contributed by atoms with Crippen LogP contribution in [0.1, 0.15) is 6.92 Å². The zero-order valence-electron chi connectivity index (χ0n) is 6.89. The number of hydrogen-bond acceptors (Lipinski definition) is 1. The second kappa shape index (κ2) is 2.84. The number of allylic oxidation sites excluding steroid dienone is 3. The van der Waals surface area contributed by atoms with Gasteiger partial charge in [-0.25, -0.2) is 0 Å². The van der Waals surface area contributed by atoms with Gasteiger partial charge in [-0.15, -0.1) is 0 Å². The smallest absolute Gasteiger partial charge is 0.363 e. The molecule has 0 aromatic heterocycles. The van der Waals surface area contributed by atoms with Crippen molar-refractivity contribution in [3.05, 3.63) is 23.9 Å². The Morgan fingerprint density at radius 1 is 1.42 bits per heavy atom. The molecule has 0 spiro atoms. The summed E-state index contributed by atoms with van der Waals surface area (Å²) in [5.74, 6) is 0. The predicted molar refractivity (Wildman–Crippen MR) is 40.5 cm³/mol. The van der Waals surface area contributed by atoms with Gasteiger partial charge in [-0.2, -0.15) is 13.2 Å². The molecule has 0 aliphatic carbocycles. The van der Waals surface area contributed by atoms with Gasteiger partial charge < -0.3 is 4.90 Å². The van der Waals surface area contributed by atoms with Crippen LogP contribution in [0.2, 0.25) is 0 Å². The van der Waals surface area contributed by atoms with Gasteiger partial charge in [0.25, 0.3) is 0 Å². The molecule has 1 atom stereocenters. The standard InChI is InChI=1S/C8H10F3N/c1-6-4-3-5-7(12(6)2)8(9,10)11/h3-5,7H,1-2H3. The molecule has 1 heterocycles. The molecule has 0 bridgehead atoms. The molecule has 0 amide bonds. The summed E-state index contributed by atoms with van der Waals surface area (Å²) in [5.41, 5.74) is 0.625. The number of hydrogen-bond donors (Lipinski definition) is 0. The third-order valence-corrected chi connectivity index (χ3v) is 1.94. The number of nitrogens with zero attached hydrogens (tertiary/aromatic N) is 1. The van der Waals surface area contributed by atoms with Crippen LogP contribution in [0, 0.1) is 0 Å². The van der Waals surface area contributed by atoms with Gasteiger partial charge in [0.05, 0.1) is 0 Å². The lowest BCUT2D eigenvalue weighted by atomic mass is 10.1. The van der Waals surface area contributed by atoms with Gasteiger partial charge in [0, 0.05) is 12.7 Å². The van der Waals surface area contributed by atoms with Gasteiger partial charge >= 0.3 is 6.18 Å². The van der Waals surface area contributed by atoms with Crippen molar-refractivity contribution in [2.45, 2.75) is 19.1 Å². The summed E-state index contributed by atoms with van der Waals surface area (Å²) in [4.78, 5) is 1.21. The van der Waals surface area contributed by atoms with Gasteiger partial charge in [0.15, 0.2) is 0 Å². The first-order valence-electron chi connectivity index (χ1n) is 3.57. The predicted octanol–water partition coefficient (Wildman–Crippen LogP) is 2.32. The summed E-state index contributed by atoms with van der Waals surface area (Å²) in [5, 5.41) is 0. The molecule has 0 N–H and O–H groups in total. The highest BCUT2D eigenvalue weighted by Gasteiger charge is 2.41. The normalized spacial score (nSPS) is 24.2. The van der Waals surface area contributed by atoms with E-state index in [1.165, 1.54) is 18.0 Å². The highest BCUT2D eigenvalue weighted by atomic mass is 19.4. The van der Waals surface area contributed by atoms with E-state index in [-0.39, 0.29) is 0 Å². The van der Waals surface area contributed by atoms with Crippen LogP contribution in [0.5, 0.6) is 0 Å². The lowest BCUT2D eigenvalue weighted by Crippen LogP contribution is -2.42. The van der Waals surface area contributed by atoms with E-state index in [0.29, 0.717) is 5.70 Å². The van der Waals surface area contributed by atoms with E-state index in [4.69, 9.17) is 0 Å². The first-order valence-corrected chi connectivity index (χ1v) is 3.57. The molecule has 0 aromatic rings. The van der Waals surface area contributed by atoms with Crippen LogP contribution in [0.3, 0.4) is 0 Å². The zero-order valence-corrected chi connectivity index (χ0v) is 6.89. The number of likely N-dealkylation sites (N-methyl/N-ethyl adjacent to an activating group) is 1. The van der Waals surface area contributed by atoms with Crippen LogP contribution in [0.15, 0.2) is 23.9 Å². The maximum atomic E-state index is 12.2. The molecule has 1 aliphatic heterocycles. The van der Waals surface area contributed by atoms with E-state index in [1.54, 1.807) is 13.0 Å². The third kappa shape index (κ3) is 1.62. The Morgan fingerprint density at radius 3 is 2.42 bits per heavy atom. The average molecular weight is 177 g/mol. The molecular formula is C8H10F3N. The van der Waals surface area contributed by atoms with Crippen molar-refractivity contribution < 1.29 is 13.2 Å². The average Bonchev–Trinajstić information content (AvgIpc) is 1.92. The maximum Gasteiger partial charge on any atom is 0.412 e. The van der Waals surface area contributed by atoms with Crippen molar-refractivity contribution in [3.63, 3.8) is 0 Å². The second-order valence-electron chi connectivity index (χ2n) is 2.79. The molecule has 0 saturated carbocycles. The van der Waals surface area contributed by atoms with Crippen molar-refractivity contribution in [2.24, 2.45) is 0 Å². The van der Waals surface area contributed by atoms with Crippen LogP contribution >= 0.6 is 0 Å². The maximum absolute atomic E-state index is 12.2. The molecule has 1 aliphatic rings. The Bertz CT molecular complexity index is 227. The summed E-state index contributed by atoms with van der Waals surface area (Å²) >= 11 is 0. The summed E-state index contributed by atoms with van der Waals surface area (Å²) in [6, 6.07) is -1.47. The highest BCUT2D eigenvalue weighted by Crippen LogP contribution is 2.28. The molecule has 1 rings (SSSR count). The van der Waals surface area contributed by atoms with Crippen LogP contribution in [-0.4, -0.2) is 24.2 Å². The van der Waals surface area contributed by atoms with Crippen LogP contribution in [0.4, 0.5) is 13.2 Å². The monoisotopic (exact) mass is 177 g/mol. The van der Waals surface area contributed by atoms with Gasteiger partial charge in [0.1, 0.15) is 6.04 Å². The Balaban J connectivity index is 2.84. The van der Waals surface area contributed by atoms with Crippen molar-refractivity contribution in [3.8, 4) is 0 Å². The summed E-state index contributed by atoms with van der Waals surface area (Å²) < 4.78 is 36.7. The first-order chi connectivity index (χ1) is 5.43. The van der Waals surface area contributed by atoms with Gasteiger partial charge in [-0.1, -0.05) is 12.2 Å². The fraction of sp³-hybridized carbons (Fsp3) is 0.500. The van der Waals surface area contributed by atoms with Gasteiger partial charge in [0.2, 0.25) is 0 Å². The summed E-state index contributed by atoms with van der Waals surface area (Å²) in [7, 11) is 1.44. The Morgan fingerprint density at radius 2 is 2.00 bits per heavy atom. The molecule has 0 fully saturated rings. The Hall–Kier alpha value is -0.930. The zero-order chi connectivity index (χ0) is 9.35. The number of alkyl halides is 3. The lowest BCUT2D eigenvalue weighted by molar-refractivity contribution is -0.162. The minimum atomic E-state index is -4.18. The summed E-state index contributed by atoms with van der Waals surface area (Å²) in [6.07, 6.45) is 0.0590. The van der Waals surface area contributed by atoms with Crippen molar-refractivity contribution in [1.82, 2.24) is 4.90 Å². The number of rotatable bonds is 0. The molecule has 0 radical (unpaired) electrons. The van der Waals surface area contributed by atoms with Crippen LogP contribution < -0.4 is 0 Å². The van der Waals surface area contributed by atoms with Crippen molar-refractivity contribution in [2.75, 3.05) is 7.05 Å². The molecule has 4 heteroatoms. The van der Waals surface area contributed by atoms with Crippen molar-refractivity contribution >= 4 is 0 Å². The molecular weight excluding hydrogens is 167 g/mol. The third-order valence-electron chi connectivity index (χ3n) is 1.94. The lowest BCUT2D eigenvalue weighted by Gasteiger charge is -2.31. The minimum absolute atomic E-state index is 0.625. The summed E-state index contributed by atoms with van der Waals surface area (Å²) in [6.45, 7) is 1.66. The Labute approximate surface area is 69.2 Å². The fourth-order valence-corrected chi connectivity index (χ4v) is 1.09. The molecule has 1 unspecified atom stereocenters. The van der Waals surface area contributed by atoms with E-state index in [1.807, 2.05) is 0 Å². The quantitative estimate of drug-likeness (QED) is 0.548. The minimum Gasteiger partial charge on any atom is -0.363 e. The van der Waals surface area contributed by atoms with Gasteiger partial charge in [-0.05, 0) is 13.0 Å². The van der Waals surface area contributed by atoms with Crippen molar-refractivity contribution in [1.29, 1.82) is 0 Å². The molecule has 68 valence electrons. The van der Waals surface area contributed by atoms with E-state index in [9.17, 15) is 13.2 Å². The molecule has 12 heavy (non-hydrogen) atoms. The largest absolute Gasteiger partial charge is 0.412 e. The SMILES string of the molecule is CC1=CC=CC(C(F)(F)F)N1C. The number of halogens is 3. The molecule has 1 nitrogen and oxygen atoms in total. The van der Waals surface area contributed by atoms with Crippen LogP contribution in [-0.2, 0) is 0 Å². The second-order valence-corrected chi connectivity index (χ2v) is 2.79. The van der Waals surface area contributed by atoms with Crippen LogP contribution in [0.25, 0.3) is 0 Å². The Kier molecular flexibility index (Phi) is 2.17.